The fourth-order valence-corrected chi connectivity index (χ4v) is 1.69. The van der Waals surface area contributed by atoms with Gasteiger partial charge in [0.2, 0.25) is 0 Å². The molecule has 1 N–H and O–H groups in total. The number of halogens is 3. The van der Waals surface area contributed by atoms with E-state index in [2.05, 4.69) is 10.5 Å². The summed E-state index contributed by atoms with van der Waals surface area (Å²) in [5.41, 5.74) is 2.32. The molecular formula is C15H13F3N2O. The predicted octanol–water partition coefficient (Wildman–Crippen LogP) is 4.16. The van der Waals surface area contributed by atoms with E-state index >= 15 is 0 Å². The van der Waals surface area contributed by atoms with Crippen molar-refractivity contribution in [1.29, 1.82) is 0 Å². The molecule has 3 nitrogen and oxygen atoms in total. The van der Waals surface area contributed by atoms with Gasteiger partial charge in [0.1, 0.15) is 5.75 Å². The van der Waals surface area contributed by atoms with Gasteiger partial charge in [-0.2, -0.15) is 18.3 Å². The van der Waals surface area contributed by atoms with E-state index in [1.54, 1.807) is 31.4 Å². The van der Waals surface area contributed by atoms with Crippen LogP contribution in [-0.2, 0) is 6.18 Å². The predicted molar refractivity (Wildman–Crippen MR) is 75.7 cm³/mol. The highest BCUT2D eigenvalue weighted by Crippen LogP contribution is 2.34. The first kappa shape index (κ1) is 14.9. The average molecular weight is 294 g/mol. The summed E-state index contributed by atoms with van der Waals surface area (Å²) in [6.45, 7) is 0. The van der Waals surface area contributed by atoms with Crippen molar-refractivity contribution >= 4 is 11.9 Å². The number of alkyl halides is 3. The number of hydrazone groups is 1. The third-order valence-electron chi connectivity index (χ3n) is 2.75. The van der Waals surface area contributed by atoms with Crippen LogP contribution in [0, 0.1) is 0 Å². The van der Waals surface area contributed by atoms with Gasteiger partial charge in [-0.1, -0.05) is 12.1 Å². The normalized spacial score (nSPS) is 11.6. The monoisotopic (exact) mass is 294 g/mol. The van der Waals surface area contributed by atoms with Crippen LogP contribution >= 0.6 is 0 Å². The van der Waals surface area contributed by atoms with Crippen LogP contribution in [0.15, 0.2) is 53.6 Å². The van der Waals surface area contributed by atoms with E-state index in [0.717, 1.165) is 11.6 Å². The number of methoxy groups -OCH3 is 1. The smallest absolute Gasteiger partial charge is 0.418 e. The molecule has 0 aliphatic carbocycles. The molecule has 0 fully saturated rings. The zero-order valence-electron chi connectivity index (χ0n) is 11.2. The van der Waals surface area contributed by atoms with E-state index in [4.69, 9.17) is 4.74 Å². The van der Waals surface area contributed by atoms with Gasteiger partial charge >= 0.3 is 6.18 Å². The number of benzene rings is 2. The standard InChI is InChI=1S/C15H13F3N2O/c1-21-12-8-6-11(7-9-12)10-19-20-14-5-3-2-4-13(14)15(16,17)18/h2-10,20H,1H3/b19-10+. The molecule has 0 atom stereocenters. The van der Waals surface area contributed by atoms with Crippen LogP contribution in [0.25, 0.3) is 0 Å². The van der Waals surface area contributed by atoms with Crippen molar-refractivity contribution in [2.24, 2.45) is 5.10 Å². The highest BCUT2D eigenvalue weighted by atomic mass is 19.4. The number of rotatable bonds is 4. The number of nitrogens with zero attached hydrogens (tertiary/aromatic N) is 1. The number of para-hydroxylation sites is 1. The number of ether oxygens (including phenoxy) is 1. The molecule has 6 heteroatoms. The first-order valence-electron chi connectivity index (χ1n) is 6.10. The Hall–Kier alpha value is -2.50. The lowest BCUT2D eigenvalue weighted by Gasteiger charge is -2.11. The molecule has 0 amide bonds. The van der Waals surface area contributed by atoms with Crippen LogP contribution in [0.5, 0.6) is 5.75 Å². The van der Waals surface area contributed by atoms with Crippen molar-refractivity contribution in [2.45, 2.75) is 6.18 Å². The van der Waals surface area contributed by atoms with Crippen molar-refractivity contribution in [1.82, 2.24) is 0 Å². The van der Waals surface area contributed by atoms with E-state index in [1.165, 1.54) is 24.4 Å². The summed E-state index contributed by atoms with van der Waals surface area (Å²) in [7, 11) is 1.55. The third kappa shape index (κ3) is 3.98. The van der Waals surface area contributed by atoms with E-state index in [-0.39, 0.29) is 5.69 Å². The maximum Gasteiger partial charge on any atom is 0.418 e. The number of nitrogens with one attached hydrogen (secondary N) is 1. The van der Waals surface area contributed by atoms with Crippen LogP contribution in [0.2, 0.25) is 0 Å². The lowest BCUT2D eigenvalue weighted by molar-refractivity contribution is -0.136. The number of hydrogen-bond acceptors (Lipinski definition) is 3. The highest BCUT2D eigenvalue weighted by molar-refractivity contribution is 5.80. The van der Waals surface area contributed by atoms with Crippen molar-refractivity contribution in [2.75, 3.05) is 12.5 Å². The van der Waals surface area contributed by atoms with Crippen LogP contribution in [0.4, 0.5) is 18.9 Å². The zero-order chi connectivity index (χ0) is 15.3. The lowest BCUT2D eigenvalue weighted by Crippen LogP contribution is -2.08. The molecule has 2 aromatic carbocycles. The van der Waals surface area contributed by atoms with E-state index in [9.17, 15) is 13.2 Å². The van der Waals surface area contributed by atoms with Crippen molar-refractivity contribution in [3.05, 3.63) is 59.7 Å². The molecule has 0 aromatic heterocycles. The van der Waals surface area contributed by atoms with Crippen LogP contribution < -0.4 is 10.2 Å². The van der Waals surface area contributed by atoms with E-state index in [1.807, 2.05) is 0 Å². The molecule has 0 heterocycles. The van der Waals surface area contributed by atoms with Gasteiger partial charge in [-0.3, -0.25) is 5.43 Å². The van der Waals surface area contributed by atoms with Gasteiger partial charge in [0.05, 0.1) is 24.6 Å². The third-order valence-corrected chi connectivity index (χ3v) is 2.75. The molecule has 21 heavy (non-hydrogen) atoms. The number of hydrogen-bond donors (Lipinski definition) is 1. The Morgan fingerprint density at radius 3 is 2.33 bits per heavy atom. The molecular weight excluding hydrogens is 281 g/mol. The fraction of sp³-hybridized carbons (Fsp3) is 0.133. The molecule has 0 aliphatic heterocycles. The second kappa shape index (κ2) is 6.30. The van der Waals surface area contributed by atoms with Gasteiger partial charge in [-0.25, -0.2) is 0 Å². The first-order valence-corrected chi connectivity index (χ1v) is 6.10. The molecule has 0 saturated carbocycles. The SMILES string of the molecule is COc1ccc(/C=N/Nc2ccccc2C(F)(F)F)cc1. The first-order chi connectivity index (χ1) is 10.0. The van der Waals surface area contributed by atoms with Crippen molar-refractivity contribution < 1.29 is 17.9 Å². The minimum absolute atomic E-state index is 0.0882. The maximum absolute atomic E-state index is 12.8. The Labute approximate surface area is 120 Å². The number of anilines is 1. The zero-order valence-corrected chi connectivity index (χ0v) is 11.2. The van der Waals surface area contributed by atoms with Gasteiger partial charge in [0.15, 0.2) is 0 Å². The summed E-state index contributed by atoms with van der Waals surface area (Å²) in [5, 5.41) is 3.83. The summed E-state index contributed by atoms with van der Waals surface area (Å²) in [6, 6.07) is 12.2. The largest absolute Gasteiger partial charge is 0.497 e. The maximum atomic E-state index is 12.8. The Bertz CT molecular complexity index is 622. The van der Waals surface area contributed by atoms with Gasteiger partial charge in [0, 0.05) is 0 Å². The second-order valence-electron chi connectivity index (χ2n) is 4.19. The van der Waals surface area contributed by atoms with E-state index < -0.39 is 11.7 Å². The van der Waals surface area contributed by atoms with E-state index in [0.29, 0.717) is 5.75 Å². The highest BCUT2D eigenvalue weighted by Gasteiger charge is 2.33. The Morgan fingerprint density at radius 1 is 1.05 bits per heavy atom. The molecule has 0 aliphatic rings. The summed E-state index contributed by atoms with van der Waals surface area (Å²) in [5.74, 6) is 0.697. The molecule has 0 saturated heterocycles. The summed E-state index contributed by atoms with van der Waals surface area (Å²) in [6.07, 6.45) is -2.98. The molecule has 0 spiro atoms. The summed E-state index contributed by atoms with van der Waals surface area (Å²) in [4.78, 5) is 0. The van der Waals surface area contributed by atoms with Gasteiger partial charge < -0.3 is 4.74 Å². The van der Waals surface area contributed by atoms with Crippen molar-refractivity contribution in [3.63, 3.8) is 0 Å². The van der Waals surface area contributed by atoms with Crippen LogP contribution in [0.3, 0.4) is 0 Å². The summed E-state index contributed by atoms with van der Waals surface area (Å²) >= 11 is 0. The molecule has 110 valence electrons. The minimum atomic E-state index is -4.42. The van der Waals surface area contributed by atoms with Gasteiger partial charge in [-0.15, -0.1) is 0 Å². The van der Waals surface area contributed by atoms with Gasteiger partial charge in [-0.05, 0) is 42.0 Å². The fourth-order valence-electron chi connectivity index (χ4n) is 1.69. The molecule has 0 radical (unpaired) electrons. The van der Waals surface area contributed by atoms with Crippen LogP contribution in [-0.4, -0.2) is 13.3 Å². The lowest BCUT2D eigenvalue weighted by atomic mass is 10.2. The molecule has 2 rings (SSSR count). The second-order valence-corrected chi connectivity index (χ2v) is 4.19. The topological polar surface area (TPSA) is 33.6 Å². The minimum Gasteiger partial charge on any atom is -0.497 e. The van der Waals surface area contributed by atoms with Crippen LogP contribution in [0.1, 0.15) is 11.1 Å². The molecule has 0 bridgehead atoms. The summed E-state index contributed by atoms with van der Waals surface area (Å²) < 4.78 is 43.3. The van der Waals surface area contributed by atoms with Gasteiger partial charge in [0.25, 0.3) is 0 Å². The Kier molecular flexibility index (Phi) is 4.47. The van der Waals surface area contributed by atoms with Crippen molar-refractivity contribution in [3.8, 4) is 5.75 Å². The average Bonchev–Trinajstić information content (AvgIpc) is 2.47. The molecule has 0 unspecified atom stereocenters. The molecule has 2 aromatic rings. The Morgan fingerprint density at radius 2 is 1.71 bits per heavy atom. The Balaban J connectivity index is 2.10. The quantitative estimate of drug-likeness (QED) is 0.678.